The summed E-state index contributed by atoms with van der Waals surface area (Å²) >= 11 is 0. The zero-order valence-electron chi connectivity index (χ0n) is 14.3. The molecule has 1 atom stereocenters. The molecule has 0 bridgehead atoms. The standard InChI is InChI=1S/C17H21N3O5S/c1-12(16-3-2-8-25-16)19-17(21)14-11-13(26(18,22)23)4-5-15(14)20-6-9-24-10-7-20/h2-5,8,11-12H,6-7,9-10H2,1H3,(H,19,21)(H2,18,22,23)/t12-/m1/s1. The van der Waals surface area contributed by atoms with Gasteiger partial charge in [0.25, 0.3) is 5.91 Å². The van der Waals surface area contributed by atoms with E-state index in [-0.39, 0.29) is 16.5 Å². The van der Waals surface area contributed by atoms with Crippen LogP contribution in [0.15, 0.2) is 45.9 Å². The average molecular weight is 379 g/mol. The van der Waals surface area contributed by atoms with Crippen LogP contribution < -0.4 is 15.4 Å². The van der Waals surface area contributed by atoms with E-state index in [4.69, 9.17) is 14.3 Å². The number of primary sulfonamides is 1. The summed E-state index contributed by atoms with van der Waals surface area (Å²) in [5, 5.41) is 8.06. The van der Waals surface area contributed by atoms with Gasteiger partial charge in [0, 0.05) is 18.8 Å². The lowest BCUT2D eigenvalue weighted by Crippen LogP contribution is -2.38. The lowest BCUT2D eigenvalue weighted by Gasteiger charge is -2.30. The van der Waals surface area contributed by atoms with Crippen molar-refractivity contribution in [1.29, 1.82) is 0 Å². The number of sulfonamides is 1. The van der Waals surface area contributed by atoms with Crippen LogP contribution in [0.25, 0.3) is 0 Å². The highest BCUT2D eigenvalue weighted by atomic mass is 32.2. The number of carbonyl (C=O) groups excluding carboxylic acids is 1. The van der Waals surface area contributed by atoms with Gasteiger partial charge >= 0.3 is 0 Å². The van der Waals surface area contributed by atoms with Gasteiger partial charge in [-0.25, -0.2) is 13.6 Å². The van der Waals surface area contributed by atoms with Gasteiger partial charge in [0.2, 0.25) is 10.0 Å². The quantitative estimate of drug-likeness (QED) is 0.808. The molecule has 1 aromatic carbocycles. The van der Waals surface area contributed by atoms with Crippen molar-refractivity contribution in [2.24, 2.45) is 5.14 Å². The van der Waals surface area contributed by atoms with Crippen LogP contribution in [0.4, 0.5) is 5.69 Å². The molecule has 0 spiro atoms. The van der Waals surface area contributed by atoms with Crippen LogP contribution in [0.3, 0.4) is 0 Å². The van der Waals surface area contributed by atoms with E-state index in [0.717, 1.165) is 0 Å². The zero-order valence-corrected chi connectivity index (χ0v) is 15.2. The molecule has 1 aliphatic heterocycles. The first-order valence-corrected chi connectivity index (χ1v) is 9.74. The van der Waals surface area contributed by atoms with Crippen LogP contribution in [-0.4, -0.2) is 40.6 Å². The molecule has 9 heteroatoms. The fraction of sp³-hybridized carbons (Fsp3) is 0.353. The van der Waals surface area contributed by atoms with Crippen molar-refractivity contribution >= 4 is 21.6 Å². The Kier molecular flexibility index (Phi) is 5.30. The van der Waals surface area contributed by atoms with E-state index in [0.29, 0.717) is 37.8 Å². The monoisotopic (exact) mass is 379 g/mol. The van der Waals surface area contributed by atoms with Crippen LogP contribution in [0.5, 0.6) is 0 Å². The van der Waals surface area contributed by atoms with Crippen molar-refractivity contribution in [3.63, 3.8) is 0 Å². The number of hydrogen-bond acceptors (Lipinski definition) is 6. The molecule has 1 fully saturated rings. The molecule has 3 rings (SSSR count). The van der Waals surface area contributed by atoms with Gasteiger partial charge in [0.1, 0.15) is 5.76 Å². The van der Waals surface area contributed by atoms with Gasteiger partial charge in [-0.2, -0.15) is 0 Å². The first-order chi connectivity index (χ1) is 12.4. The van der Waals surface area contributed by atoms with E-state index in [9.17, 15) is 13.2 Å². The molecular formula is C17H21N3O5S. The smallest absolute Gasteiger partial charge is 0.254 e. The van der Waals surface area contributed by atoms with Gasteiger partial charge in [-0.05, 0) is 37.3 Å². The first kappa shape index (κ1) is 18.4. The summed E-state index contributed by atoms with van der Waals surface area (Å²) in [7, 11) is -3.92. The average Bonchev–Trinajstić information content (AvgIpc) is 3.16. The van der Waals surface area contributed by atoms with Gasteiger partial charge < -0.3 is 19.4 Å². The lowest BCUT2D eigenvalue weighted by atomic mass is 10.1. The Balaban J connectivity index is 1.94. The molecule has 2 heterocycles. The van der Waals surface area contributed by atoms with Gasteiger partial charge in [0.05, 0.1) is 36.0 Å². The number of nitrogens with two attached hydrogens (primary N) is 1. The van der Waals surface area contributed by atoms with Crippen molar-refractivity contribution in [3.05, 3.63) is 47.9 Å². The van der Waals surface area contributed by atoms with Crippen LogP contribution >= 0.6 is 0 Å². The Hall–Kier alpha value is -2.36. The number of anilines is 1. The predicted molar refractivity (Wildman–Crippen MR) is 95.4 cm³/mol. The van der Waals surface area contributed by atoms with Crippen LogP contribution in [0, 0.1) is 0 Å². The largest absolute Gasteiger partial charge is 0.467 e. The number of hydrogen-bond donors (Lipinski definition) is 2. The summed E-state index contributed by atoms with van der Waals surface area (Å²) in [6.07, 6.45) is 1.53. The van der Waals surface area contributed by atoms with Gasteiger partial charge in [-0.1, -0.05) is 0 Å². The summed E-state index contributed by atoms with van der Waals surface area (Å²) in [6.45, 7) is 4.10. The van der Waals surface area contributed by atoms with Crippen molar-refractivity contribution in [2.45, 2.75) is 17.9 Å². The molecule has 2 aromatic rings. The third-order valence-electron chi connectivity index (χ3n) is 4.21. The second-order valence-electron chi connectivity index (χ2n) is 6.03. The normalized spacial score (nSPS) is 16.3. The Morgan fingerprint density at radius 3 is 2.62 bits per heavy atom. The fourth-order valence-electron chi connectivity index (χ4n) is 2.84. The van der Waals surface area contributed by atoms with Crippen molar-refractivity contribution in [2.75, 3.05) is 31.2 Å². The van der Waals surface area contributed by atoms with Gasteiger partial charge in [-0.3, -0.25) is 4.79 Å². The van der Waals surface area contributed by atoms with E-state index < -0.39 is 15.9 Å². The van der Waals surface area contributed by atoms with Crippen LogP contribution in [-0.2, 0) is 14.8 Å². The number of nitrogens with one attached hydrogen (secondary N) is 1. The molecular weight excluding hydrogens is 358 g/mol. The Labute approximate surface area is 152 Å². The minimum absolute atomic E-state index is 0.106. The van der Waals surface area contributed by atoms with Crippen molar-refractivity contribution < 1.29 is 22.4 Å². The highest BCUT2D eigenvalue weighted by Crippen LogP contribution is 2.26. The molecule has 0 unspecified atom stereocenters. The topological polar surface area (TPSA) is 115 Å². The molecule has 0 saturated carbocycles. The van der Waals surface area contributed by atoms with E-state index >= 15 is 0 Å². The summed E-state index contributed by atoms with van der Waals surface area (Å²) < 4.78 is 34.0. The molecule has 1 aliphatic rings. The first-order valence-electron chi connectivity index (χ1n) is 8.20. The molecule has 0 aliphatic carbocycles. The highest BCUT2D eigenvalue weighted by molar-refractivity contribution is 7.89. The van der Waals surface area contributed by atoms with Gasteiger partial charge in [-0.15, -0.1) is 0 Å². The number of nitrogens with zero attached hydrogens (tertiary/aromatic N) is 1. The molecule has 1 amide bonds. The van der Waals surface area contributed by atoms with Crippen LogP contribution in [0.1, 0.15) is 29.1 Å². The highest BCUT2D eigenvalue weighted by Gasteiger charge is 2.23. The number of benzene rings is 1. The van der Waals surface area contributed by atoms with E-state index in [2.05, 4.69) is 5.32 Å². The number of ether oxygens (including phenoxy) is 1. The molecule has 140 valence electrons. The molecule has 1 saturated heterocycles. The Morgan fingerprint density at radius 1 is 1.27 bits per heavy atom. The Morgan fingerprint density at radius 2 is 2.00 bits per heavy atom. The van der Waals surface area contributed by atoms with Crippen molar-refractivity contribution in [1.82, 2.24) is 5.32 Å². The summed E-state index contributed by atoms with van der Waals surface area (Å²) in [5.74, 6) is 0.203. The zero-order chi connectivity index (χ0) is 18.7. The molecule has 1 aromatic heterocycles. The molecule has 3 N–H and O–H groups in total. The number of carbonyl (C=O) groups is 1. The lowest BCUT2D eigenvalue weighted by molar-refractivity contribution is 0.0933. The van der Waals surface area contributed by atoms with E-state index in [1.165, 1.54) is 18.4 Å². The Bertz CT molecular complexity index is 874. The van der Waals surface area contributed by atoms with Crippen LogP contribution in [0.2, 0.25) is 0 Å². The maximum Gasteiger partial charge on any atom is 0.254 e. The van der Waals surface area contributed by atoms with Crippen molar-refractivity contribution in [3.8, 4) is 0 Å². The van der Waals surface area contributed by atoms with Gasteiger partial charge in [0.15, 0.2) is 0 Å². The summed E-state index contributed by atoms with van der Waals surface area (Å²) in [6, 6.07) is 7.45. The maximum atomic E-state index is 12.8. The number of morpholine rings is 1. The van der Waals surface area contributed by atoms with E-state index in [1.807, 2.05) is 4.90 Å². The minimum Gasteiger partial charge on any atom is -0.467 e. The third kappa shape index (κ3) is 4.06. The number of furan rings is 1. The summed E-state index contributed by atoms with van der Waals surface area (Å²) in [4.78, 5) is 14.7. The number of amides is 1. The molecule has 8 nitrogen and oxygen atoms in total. The molecule has 0 radical (unpaired) electrons. The maximum absolute atomic E-state index is 12.8. The minimum atomic E-state index is -3.92. The second kappa shape index (κ2) is 7.48. The van der Waals surface area contributed by atoms with E-state index in [1.54, 1.807) is 25.1 Å². The summed E-state index contributed by atoms with van der Waals surface area (Å²) in [5.41, 5.74) is 0.890. The third-order valence-corrected chi connectivity index (χ3v) is 5.12. The predicted octanol–water partition coefficient (Wildman–Crippen LogP) is 1.25. The SMILES string of the molecule is C[C@@H](NC(=O)c1cc(S(N)(=O)=O)ccc1N1CCOCC1)c1ccco1. The second-order valence-corrected chi connectivity index (χ2v) is 7.60. The number of rotatable bonds is 5. The molecule has 26 heavy (non-hydrogen) atoms. The fourth-order valence-corrected chi connectivity index (χ4v) is 3.38.